The van der Waals surface area contributed by atoms with Crippen molar-refractivity contribution in [1.29, 1.82) is 0 Å². The minimum Gasteiger partial charge on any atom is -0.376 e. The summed E-state index contributed by atoms with van der Waals surface area (Å²) in [6.07, 6.45) is 4.63. The number of ether oxygens (including phenoxy) is 1. The van der Waals surface area contributed by atoms with Crippen molar-refractivity contribution in [2.45, 2.75) is 18.9 Å². The number of nitrogens with zero attached hydrogens (tertiary/aromatic N) is 2. The van der Waals surface area contributed by atoms with Gasteiger partial charge in [-0.3, -0.25) is 4.57 Å². The van der Waals surface area contributed by atoms with Crippen LogP contribution in [-0.4, -0.2) is 16.7 Å². The normalized spacial score (nSPS) is 16.1. The molecule has 4 rings (SSSR count). The van der Waals surface area contributed by atoms with Crippen LogP contribution < -0.4 is 0 Å². The summed E-state index contributed by atoms with van der Waals surface area (Å²) in [6.45, 7) is 0. The van der Waals surface area contributed by atoms with Crippen LogP contribution >= 0.6 is 15.9 Å². The molecule has 4 heteroatoms. The maximum absolute atomic E-state index is 5.68. The van der Waals surface area contributed by atoms with E-state index in [9.17, 15) is 0 Å². The van der Waals surface area contributed by atoms with E-state index in [-0.39, 0.29) is 6.10 Å². The quantitative estimate of drug-likeness (QED) is 0.665. The van der Waals surface area contributed by atoms with Gasteiger partial charge in [-0.25, -0.2) is 4.98 Å². The van der Waals surface area contributed by atoms with Crippen LogP contribution in [0, 0.1) is 5.92 Å². The van der Waals surface area contributed by atoms with Gasteiger partial charge in [-0.15, -0.1) is 0 Å². The fourth-order valence-electron chi connectivity index (χ4n) is 3.04. The molecule has 1 atom stereocenters. The molecule has 3 aromatic rings. The molecule has 3 nitrogen and oxygen atoms in total. The van der Waals surface area contributed by atoms with Gasteiger partial charge < -0.3 is 4.74 Å². The highest BCUT2D eigenvalue weighted by Crippen LogP contribution is 2.43. The molecule has 0 N–H and O–H groups in total. The molecule has 1 fully saturated rings. The van der Waals surface area contributed by atoms with Crippen LogP contribution in [0.2, 0.25) is 0 Å². The molecule has 1 aliphatic carbocycles. The Morgan fingerprint density at radius 3 is 2.82 bits per heavy atom. The lowest BCUT2D eigenvalue weighted by Crippen LogP contribution is -2.03. The maximum Gasteiger partial charge on any atom is 0.100 e. The van der Waals surface area contributed by atoms with Gasteiger partial charge in [0.25, 0.3) is 0 Å². The van der Waals surface area contributed by atoms with E-state index < -0.39 is 0 Å². The Labute approximate surface area is 138 Å². The van der Waals surface area contributed by atoms with Gasteiger partial charge in [0.1, 0.15) is 6.33 Å². The van der Waals surface area contributed by atoms with E-state index in [4.69, 9.17) is 4.74 Å². The summed E-state index contributed by atoms with van der Waals surface area (Å²) >= 11 is 3.52. The van der Waals surface area contributed by atoms with E-state index >= 15 is 0 Å². The minimum atomic E-state index is 0.209. The third-order valence-electron chi connectivity index (χ3n) is 4.29. The van der Waals surface area contributed by atoms with E-state index in [1.165, 1.54) is 18.4 Å². The second-order valence-electron chi connectivity index (χ2n) is 5.84. The maximum atomic E-state index is 5.68. The molecular weight excluding hydrogens is 340 g/mol. The van der Waals surface area contributed by atoms with Crippen molar-refractivity contribution in [3.63, 3.8) is 0 Å². The number of rotatable bonds is 4. The predicted molar refractivity (Wildman–Crippen MR) is 91.2 cm³/mol. The Bertz CT molecular complexity index is 823. The zero-order chi connectivity index (χ0) is 15.1. The highest BCUT2D eigenvalue weighted by Gasteiger charge is 2.32. The average Bonchev–Trinajstić information content (AvgIpc) is 3.26. The molecule has 1 heterocycles. The molecule has 1 saturated carbocycles. The topological polar surface area (TPSA) is 27.1 Å². The first-order valence-corrected chi connectivity index (χ1v) is 8.31. The van der Waals surface area contributed by atoms with Gasteiger partial charge in [0.15, 0.2) is 0 Å². The molecule has 112 valence electrons. The zero-order valence-electron chi connectivity index (χ0n) is 12.4. The van der Waals surface area contributed by atoms with Gasteiger partial charge in [0.05, 0.1) is 17.1 Å². The van der Waals surface area contributed by atoms with Crippen LogP contribution in [0.5, 0.6) is 0 Å². The van der Waals surface area contributed by atoms with Gasteiger partial charge in [0.2, 0.25) is 0 Å². The first kappa shape index (κ1) is 14.0. The zero-order valence-corrected chi connectivity index (χ0v) is 14.0. The van der Waals surface area contributed by atoms with Gasteiger partial charge >= 0.3 is 0 Å². The second-order valence-corrected chi connectivity index (χ2v) is 6.75. The predicted octanol–water partition coefficient (Wildman–Crippen LogP) is 4.89. The Kier molecular flexibility index (Phi) is 3.51. The van der Waals surface area contributed by atoms with Crippen LogP contribution in [0.15, 0.2) is 53.3 Å². The van der Waals surface area contributed by atoms with Crippen LogP contribution in [0.1, 0.15) is 24.5 Å². The molecule has 22 heavy (non-hydrogen) atoms. The summed E-state index contributed by atoms with van der Waals surface area (Å²) in [5, 5.41) is 0. The van der Waals surface area contributed by atoms with Crippen LogP contribution in [0.25, 0.3) is 16.7 Å². The first-order valence-electron chi connectivity index (χ1n) is 7.52. The van der Waals surface area contributed by atoms with Crippen LogP contribution in [0.4, 0.5) is 0 Å². The van der Waals surface area contributed by atoms with Gasteiger partial charge in [-0.1, -0.05) is 28.1 Å². The van der Waals surface area contributed by atoms with Crippen molar-refractivity contribution in [3.05, 3.63) is 58.8 Å². The molecule has 2 aromatic carbocycles. The third-order valence-corrected chi connectivity index (χ3v) is 4.78. The van der Waals surface area contributed by atoms with Crippen molar-refractivity contribution >= 4 is 27.0 Å². The summed E-state index contributed by atoms with van der Waals surface area (Å²) in [7, 11) is 1.80. The van der Waals surface area contributed by atoms with Crippen molar-refractivity contribution in [2.24, 2.45) is 5.92 Å². The van der Waals surface area contributed by atoms with Crippen molar-refractivity contribution < 1.29 is 4.74 Å². The van der Waals surface area contributed by atoms with E-state index in [0.717, 1.165) is 21.2 Å². The van der Waals surface area contributed by atoms with E-state index in [1.54, 1.807) is 7.11 Å². The number of fused-ring (bicyclic) bond motifs is 1. The Hall–Kier alpha value is -1.65. The highest BCUT2D eigenvalue weighted by molar-refractivity contribution is 9.10. The molecule has 1 unspecified atom stereocenters. The van der Waals surface area contributed by atoms with E-state index in [1.807, 2.05) is 18.5 Å². The lowest BCUT2D eigenvalue weighted by molar-refractivity contribution is 0.0847. The number of halogens is 1. The van der Waals surface area contributed by atoms with Gasteiger partial charge in [-0.2, -0.15) is 0 Å². The van der Waals surface area contributed by atoms with Crippen molar-refractivity contribution in [2.75, 3.05) is 7.11 Å². The molecule has 1 aliphatic rings. The summed E-state index contributed by atoms with van der Waals surface area (Å²) in [4.78, 5) is 4.57. The molecular formula is C18H17BrN2O. The first-order chi connectivity index (χ1) is 10.8. The molecule has 0 bridgehead atoms. The number of imidazole rings is 1. The van der Waals surface area contributed by atoms with E-state index in [2.05, 4.69) is 55.8 Å². The lowest BCUT2D eigenvalue weighted by atomic mass is 10.0. The Morgan fingerprint density at radius 1 is 1.23 bits per heavy atom. The summed E-state index contributed by atoms with van der Waals surface area (Å²) in [6, 6.07) is 14.7. The SMILES string of the molecule is COC(c1ccc2c(c1)ncn2-c1cccc(Br)c1)C1CC1. The lowest BCUT2D eigenvalue weighted by Gasteiger charge is -2.15. The van der Waals surface area contributed by atoms with Crippen LogP contribution in [0.3, 0.4) is 0 Å². The van der Waals surface area contributed by atoms with Crippen molar-refractivity contribution in [1.82, 2.24) is 9.55 Å². The molecule has 0 radical (unpaired) electrons. The number of benzene rings is 2. The van der Waals surface area contributed by atoms with E-state index in [0.29, 0.717) is 5.92 Å². The smallest absolute Gasteiger partial charge is 0.100 e. The highest BCUT2D eigenvalue weighted by atomic mass is 79.9. The summed E-state index contributed by atoms with van der Waals surface area (Å²) in [5.74, 6) is 0.676. The number of hydrogen-bond donors (Lipinski definition) is 0. The fourth-order valence-corrected chi connectivity index (χ4v) is 3.43. The average molecular weight is 357 g/mol. The number of methoxy groups -OCH3 is 1. The largest absolute Gasteiger partial charge is 0.376 e. The summed E-state index contributed by atoms with van der Waals surface area (Å²) < 4.78 is 8.86. The molecule has 0 saturated heterocycles. The Balaban J connectivity index is 1.77. The standard InChI is InChI=1S/C18H17BrN2O/c1-22-18(12-5-6-12)13-7-8-17-16(9-13)20-11-21(17)15-4-2-3-14(19)10-15/h2-4,7-12,18H,5-6H2,1H3. The molecule has 0 aliphatic heterocycles. The van der Waals surface area contributed by atoms with Crippen LogP contribution in [-0.2, 0) is 4.74 Å². The van der Waals surface area contributed by atoms with Gasteiger partial charge in [0, 0.05) is 17.3 Å². The van der Waals surface area contributed by atoms with Crippen molar-refractivity contribution in [3.8, 4) is 5.69 Å². The molecule has 0 spiro atoms. The Morgan fingerprint density at radius 2 is 2.09 bits per heavy atom. The molecule has 1 aromatic heterocycles. The number of aromatic nitrogens is 2. The summed E-state index contributed by atoms with van der Waals surface area (Å²) in [5.41, 5.74) is 4.47. The number of hydrogen-bond acceptors (Lipinski definition) is 2. The minimum absolute atomic E-state index is 0.209. The fraction of sp³-hybridized carbons (Fsp3) is 0.278. The third kappa shape index (κ3) is 2.46. The van der Waals surface area contributed by atoms with Gasteiger partial charge in [-0.05, 0) is 54.7 Å². The second kappa shape index (κ2) is 5.52. The monoisotopic (exact) mass is 356 g/mol. The molecule has 0 amide bonds.